The maximum absolute atomic E-state index is 3.88. The van der Waals surface area contributed by atoms with Crippen molar-refractivity contribution in [3.63, 3.8) is 0 Å². The summed E-state index contributed by atoms with van der Waals surface area (Å²) < 4.78 is 0. The molecule has 0 saturated heterocycles. The van der Waals surface area contributed by atoms with E-state index in [1.807, 2.05) is 0 Å². The van der Waals surface area contributed by atoms with Crippen LogP contribution in [0.2, 0.25) is 0 Å². The van der Waals surface area contributed by atoms with E-state index in [-0.39, 0.29) is 0 Å². The van der Waals surface area contributed by atoms with E-state index in [0.717, 1.165) is 5.03 Å². The molecule has 0 saturated carbocycles. The topological polar surface area (TPSA) is 3.24 Å². The highest BCUT2D eigenvalue weighted by Crippen LogP contribution is 2.28. The van der Waals surface area contributed by atoms with Gasteiger partial charge < -0.3 is 4.90 Å². The zero-order chi connectivity index (χ0) is 6.85. The number of nitrogens with zero attached hydrogens (tertiary/aromatic N) is 1. The van der Waals surface area contributed by atoms with Gasteiger partial charge in [0.2, 0.25) is 0 Å². The Morgan fingerprint density at radius 3 is 2.56 bits per heavy atom. The van der Waals surface area contributed by atoms with Crippen molar-refractivity contribution in [2.24, 2.45) is 0 Å². The minimum absolute atomic E-state index is 0.545. The van der Waals surface area contributed by atoms with Crippen LogP contribution in [0.3, 0.4) is 0 Å². The van der Waals surface area contributed by atoms with E-state index in [0.29, 0.717) is 6.04 Å². The number of thioether (sulfide) groups is 1. The Kier molecular flexibility index (Phi) is 1.86. The van der Waals surface area contributed by atoms with Crippen molar-refractivity contribution in [1.82, 2.24) is 4.90 Å². The highest BCUT2D eigenvalue weighted by Gasteiger charge is 2.11. The average molecular weight is 141 g/mol. The molecule has 0 spiro atoms. The predicted molar refractivity (Wildman–Crippen MR) is 42.8 cm³/mol. The van der Waals surface area contributed by atoms with Crippen LogP contribution in [0.15, 0.2) is 23.2 Å². The van der Waals surface area contributed by atoms with Gasteiger partial charge in [-0.25, -0.2) is 0 Å². The molecule has 1 heterocycles. The Balaban J connectivity index is 2.59. The second-order valence-corrected chi connectivity index (χ2v) is 3.28. The van der Waals surface area contributed by atoms with Gasteiger partial charge in [-0.3, -0.25) is 0 Å². The van der Waals surface area contributed by atoms with Gasteiger partial charge in [-0.05, 0) is 19.3 Å². The fourth-order valence-electron chi connectivity index (χ4n) is 0.779. The van der Waals surface area contributed by atoms with Gasteiger partial charge in [0.1, 0.15) is 0 Å². The molecule has 0 radical (unpaired) electrons. The van der Waals surface area contributed by atoms with E-state index < -0.39 is 0 Å². The molecule has 0 atom stereocenters. The third-order valence-electron chi connectivity index (χ3n) is 1.27. The maximum Gasteiger partial charge on any atom is 0.0719 e. The largest absolute Gasteiger partial charge is 0.340 e. The van der Waals surface area contributed by atoms with E-state index in [4.69, 9.17) is 0 Å². The Morgan fingerprint density at radius 1 is 1.67 bits per heavy atom. The molecular formula is C7H11NS. The van der Waals surface area contributed by atoms with E-state index >= 15 is 0 Å². The third kappa shape index (κ3) is 1.30. The molecule has 0 N–H and O–H groups in total. The Morgan fingerprint density at radius 2 is 2.33 bits per heavy atom. The van der Waals surface area contributed by atoms with Gasteiger partial charge in [-0.1, -0.05) is 18.3 Å². The molecule has 0 amide bonds. The summed E-state index contributed by atoms with van der Waals surface area (Å²) in [6, 6.07) is 0.545. The first kappa shape index (κ1) is 6.75. The van der Waals surface area contributed by atoms with Gasteiger partial charge in [0.15, 0.2) is 0 Å². The lowest BCUT2D eigenvalue weighted by Crippen LogP contribution is -2.19. The van der Waals surface area contributed by atoms with Crippen LogP contribution < -0.4 is 0 Å². The van der Waals surface area contributed by atoms with Gasteiger partial charge in [0.05, 0.1) is 5.03 Å². The van der Waals surface area contributed by atoms with E-state index in [9.17, 15) is 0 Å². The fraction of sp³-hybridized carbons (Fsp3) is 0.429. The van der Waals surface area contributed by atoms with Gasteiger partial charge >= 0.3 is 0 Å². The van der Waals surface area contributed by atoms with Gasteiger partial charge in [-0.15, -0.1) is 0 Å². The molecule has 1 rings (SSSR count). The number of hydrogen-bond acceptors (Lipinski definition) is 2. The van der Waals surface area contributed by atoms with Crippen LogP contribution in [0.1, 0.15) is 13.8 Å². The fourth-order valence-corrected chi connectivity index (χ4v) is 1.52. The Bertz CT molecular complexity index is 149. The van der Waals surface area contributed by atoms with Crippen molar-refractivity contribution < 1.29 is 0 Å². The van der Waals surface area contributed by atoms with Crippen LogP contribution in [0.4, 0.5) is 0 Å². The molecule has 9 heavy (non-hydrogen) atoms. The van der Waals surface area contributed by atoms with Crippen molar-refractivity contribution in [1.29, 1.82) is 0 Å². The van der Waals surface area contributed by atoms with Crippen molar-refractivity contribution in [3.8, 4) is 0 Å². The second kappa shape index (κ2) is 2.48. The monoisotopic (exact) mass is 141 g/mol. The SMILES string of the molecule is C=C1SC=CN1C(C)C. The predicted octanol–water partition coefficient (Wildman–Crippen LogP) is 2.39. The van der Waals surface area contributed by atoms with Crippen molar-refractivity contribution in [2.75, 3.05) is 0 Å². The highest BCUT2D eigenvalue weighted by atomic mass is 32.2. The Labute approximate surface area is 60.4 Å². The first-order valence-corrected chi connectivity index (χ1v) is 3.90. The van der Waals surface area contributed by atoms with E-state index in [1.54, 1.807) is 11.8 Å². The molecule has 1 nitrogen and oxygen atoms in total. The summed E-state index contributed by atoms with van der Waals surface area (Å²) in [5.74, 6) is 0. The molecule has 0 fully saturated rings. The summed E-state index contributed by atoms with van der Waals surface area (Å²) in [6.07, 6.45) is 2.07. The molecule has 1 aliphatic heterocycles. The maximum atomic E-state index is 3.88. The average Bonchev–Trinajstić information content (AvgIpc) is 2.13. The second-order valence-electron chi connectivity index (χ2n) is 2.30. The molecule has 0 unspecified atom stereocenters. The minimum Gasteiger partial charge on any atom is -0.340 e. The van der Waals surface area contributed by atoms with Crippen LogP contribution in [-0.4, -0.2) is 10.9 Å². The standard InChI is InChI=1S/C7H11NS/c1-6(2)8-4-5-9-7(8)3/h4-6H,3H2,1-2H3. The molecule has 50 valence electrons. The molecule has 0 aromatic heterocycles. The van der Waals surface area contributed by atoms with Crippen molar-refractivity contribution in [3.05, 3.63) is 23.2 Å². The first-order chi connectivity index (χ1) is 4.22. The zero-order valence-corrected chi connectivity index (χ0v) is 6.61. The van der Waals surface area contributed by atoms with Crippen molar-refractivity contribution >= 4 is 11.8 Å². The molecule has 0 bridgehead atoms. The molecule has 1 aliphatic rings. The number of rotatable bonds is 1. The minimum atomic E-state index is 0.545. The molecular weight excluding hydrogens is 130 g/mol. The summed E-state index contributed by atoms with van der Waals surface area (Å²) in [7, 11) is 0. The van der Waals surface area contributed by atoms with Gasteiger partial charge in [0.25, 0.3) is 0 Å². The summed E-state index contributed by atoms with van der Waals surface area (Å²) in [5, 5.41) is 3.19. The van der Waals surface area contributed by atoms with Crippen LogP contribution >= 0.6 is 11.8 Å². The van der Waals surface area contributed by atoms with Crippen LogP contribution in [0.5, 0.6) is 0 Å². The van der Waals surface area contributed by atoms with Crippen LogP contribution in [0, 0.1) is 0 Å². The lowest BCUT2D eigenvalue weighted by atomic mass is 10.3. The van der Waals surface area contributed by atoms with Gasteiger partial charge in [-0.2, -0.15) is 0 Å². The Hall–Kier alpha value is -0.370. The summed E-state index contributed by atoms with van der Waals surface area (Å²) in [4.78, 5) is 2.16. The van der Waals surface area contributed by atoms with E-state index in [1.165, 1.54) is 0 Å². The first-order valence-electron chi connectivity index (χ1n) is 3.02. The van der Waals surface area contributed by atoms with E-state index in [2.05, 4.69) is 36.9 Å². The summed E-state index contributed by atoms with van der Waals surface area (Å²) >= 11 is 1.68. The highest BCUT2D eigenvalue weighted by molar-refractivity contribution is 8.05. The zero-order valence-electron chi connectivity index (χ0n) is 5.79. The van der Waals surface area contributed by atoms with Gasteiger partial charge in [0, 0.05) is 12.2 Å². The van der Waals surface area contributed by atoms with Crippen LogP contribution in [0.25, 0.3) is 0 Å². The molecule has 0 aliphatic carbocycles. The quantitative estimate of drug-likeness (QED) is 0.551. The molecule has 0 aromatic carbocycles. The van der Waals surface area contributed by atoms with Crippen LogP contribution in [-0.2, 0) is 0 Å². The number of hydrogen-bond donors (Lipinski definition) is 0. The summed E-state index contributed by atoms with van der Waals surface area (Å²) in [5.41, 5.74) is 0. The molecule has 0 aromatic rings. The lowest BCUT2D eigenvalue weighted by Gasteiger charge is -2.20. The molecule has 2 heteroatoms. The summed E-state index contributed by atoms with van der Waals surface area (Å²) in [6.45, 7) is 8.19. The third-order valence-corrected chi connectivity index (χ3v) is 2.01. The smallest absolute Gasteiger partial charge is 0.0719 e. The van der Waals surface area contributed by atoms with Crippen molar-refractivity contribution in [2.45, 2.75) is 19.9 Å². The lowest BCUT2D eigenvalue weighted by molar-refractivity contribution is 0.414. The normalized spacial score (nSPS) is 18.1.